The van der Waals surface area contributed by atoms with E-state index in [0.29, 0.717) is 24.0 Å². The van der Waals surface area contributed by atoms with Crippen LogP contribution in [0.2, 0.25) is 0 Å². The van der Waals surface area contributed by atoms with Crippen LogP contribution in [0, 0.1) is 0 Å². The maximum Gasteiger partial charge on any atom is 0.329 e. The van der Waals surface area contributed by atoms with E-state index in [-0.39, 0.29) is 0 Å². The lowest BCUT2D eigenvalue weighted by molar-refractivity contribution is 0.483. The van der Waals surface area contributed by atoms with Crippen molar-refractivity contribution in [2.45, 2.75) is 17.0 Å². The van der Waals surface area contributed by atoms with E-state index in [2.05, 4.69) is 4.98 Å². The zero-order valence-corrected chi connectivity index (χ0v) is 10.9. The van der Waals surface area contributed by atoms with Crippen molar-refractivity contribution in [1.29, 1.82) is 0 Å². The molecule has 6 heteroatoms. The zero-order chi connectivity index (χ0) is 12.8. The van der Waals surface area contributed by atoms with Crippen molar-refractivity contribution in [2.24, 2.45) is 0 Å². The van der Waals surface area contributed by atoms with E-state index in [1.807, 2.05) is 6.07 Å². The van der Waals surface area contributed by atoms with E-state index >= 15 is 0 Å². The molecule has 0 atom stereocenters. The zero-order valence-electron chi connectivity index (χ0n) is 9.34. The third-order valence-electron chi connectivity index (χ3n) is 2.93. The van der Waals surface area contributed by atoms with Crippen LogP contribution in [-0.4, -0.2) is 17.6 Å². The fraction of sp³-hybridized carbons (Fsp3) is 0.250. The number of hydrogen-bond acceptors (Lipinski definition) is 4. The number of nitrogens with zero attached hydrogens (tertiary/aromatic N) is 1. The molecule has 0 saturated heterocycles. The van der Waals surface area contributed by atoms with E-state index in [1.54, 1.807) is 30.6 Å². The molecule has 0 spiro atoms. The molecule has 1 saturated carbocycles. The Balaban J connectivity index is 2.06. The Bertz CT molecular complexity index is 705. The molecule has 0 N–H and O–H groups in total. The van der Waals surface area contributed by atoms with Crippen molar-refractivity contribution in [3.8, 4) is 5.75 Å². The quantitative estimate of drug-likeness (QED) is 0.642. The summed E-state index contributed by atoms with van der Waals surface area (Å²) in [6, 6.07) is 6.90. The third kappa shape index (κ3) is 1.83. The highest BCUT2D eigenvalue weighted by Gasteiger charge is 2.55. The second kappa shape index (κ2) is 3.83. The topological polar surface area (TPSA) is 56.3 Å². The van der Waals surface area contributed by atoms with Crippen LogP contribution in [0.3, 0.4) is 0 Å². The molecule has 0 amide bonds. The van der Waals surface area contributed by atoms with Gasteiger partial charge in [0.25, 0.3) is 0 Å². The molecule has 1 aliphatic carbocycles. The Morgan fingerprint density at radius 2 is 2.06 bits per heavy atom. The van der Waals surface area contributed by atoms with Gasteiger partial charge in [-0.1, -0.05) is 23.7 Å². The summed E-state index contributed by atoms with van der Waals surface area (Å²) in [5.74, 6) is 0.293. The Kier molecular flexibility index (Phi) is 2.50. The molecule has 0 bridgehead atoms. The average Bonchev–Trinajstić information content (AvgIpc) is 3.09. The number of aromatic nitrogens is 1. The Morgan fingerprint density at radius 1 is 1.28 bits per heavy atom. The van der Waals surface area contributed by atoms with Crippen LogP contribution in [0.25, 0.3) is 10.8 Å². The number of halogens is 1. The Morgan fingerprint density at radius 3 is 2.78 bits per heavy atom. The lowest BCUT2D eigenvalue weighted by Crippen LogP contribution is -2.22. The van der Waals surface area contributed by atoms with Crippen LogP contribution in [0.4, 0.5) is 0 Å². The van der Waals surface area contributed by atoms with E-state index < -0.39 is 14.3 Å². The van der Waals surface area contributed by atoms with E-state index in [4.69, 9.17) is 15.8 Å². The van der Waals surface area contributed by atoms with Gasteiger partial charge in [-0.05, 0) is 25.0 Å². The molecular weight excluding hydrogens is 274 g/mol. The normalized spacial score (nSPS) is 17.6. The van der Waals surface area contributed by atoms with Gasteiger partial charge in [0.2, 0.25) is 0 Å². The highest BCUT2D eigenvalue weighted by atomic mass is 35.5. The van der Waals surface area contributed by atoms with Crippen LogP contribution in [-0.2, 0) is 10.1 Å². The van der Waals surface area contributed by atoms with Crippen LogP contribution in [0.5, 0.6) is 5.75 Å². The number of fused-ring (bicyclic) bond motifs is 1. The van der Waals surface area contributed by atoms with Gasteiger partial charge in [-0.2, -0.15) is 8.42 Å². The Labute approximate surface area is 110 Å². The molecule has 1 aromatic carbocycles. The minimum atomic E-state index is -3.79. The van der Waals surface area contributed by atoms with Crippen molar-refractivity contribution in [1.82, 2.24) is 4.98 Å². The monoisotopic (exact) mass is 283 g/mol. The minimum absolute atomic E-state index is 0.293. The van der Waals surface area contributed by atoms with Gasteiger partial charge < -0.3 is 4.18 Å². The van der Waals surface area contributed by atoms with Crippen molar-refractivity contribution < 1.29 is 12.6 Å². The second-order valence-corrected chi connectivity index (χ2v) is 7.08. The van der Waals surface area contributed by atoms with Crippen LogP contribution in [0.1, 0.15) is 12.8 Å². The first-order valence-electron chi connectivity index (χ1n) is 5.48. The number of hydrogen-bond donors (Lipinski definition) is 0. The fourth-order valence-electron chi connectivity index (χ4n) is 1.71. The SMILES string of the molecule is O=S(=O)(Oc1cccc2cnccc12)C1(Cl)CC1. The molecule has 3 rings (SSSR count). The molecule has 1 aliphatic rings. The van der Waals surface area contributed by atoms with Crippen LogP contribution in [0.15, 0.2) is 36.7 Å². The van der Waals surface area contributed by atoms with E-state index in [9.17, 15) is 8.42 Å². The van der Waals surface area contributed by atoms with Crippen molar-refractivity contribution >= 4 is 32.5 Å². The summed E-state index contributed by atoms with van der Waals surface area (Å²) in [5.41, 5.74) is 0. The van der Waals surface area contributed by atoms with Gasteiger partial charge in [0.05, 0.1) is 0 Å². The number of benzene rings is 1. The highest BCUT2D eigenvalue weighted by molar-refractivity contribution is 7.90. The number of rotatable bonds is 3. The number of alkyl halides is 1. The molecule has 0 unspecified atom stereocenters. The third-order valence-corrected chi connectivity index (χ3v) is 5.58. The first-order valence-corrected chi connectivity index (χ1v) is 7.26. The summed E-state index contributed by atoms with van der Waals surface area (Å²) in [6.07, 6.45) is 4.12. The summed E-state index contributed by atoms with van der Waals surface area (Å²) in [6.45, 7) is 0. The van der Waals surface area contributed by atoms with Crippen molar-refractivity contribution in [3.63, 3.8) is 0 Å². The molecule has 1 fully saturated rings. The van der Waals surface area contributed by atoms with Gasteiger partial charge >= 0.3 is 10.1 Å². The highest BCUT2D eigenvalue weighted by Crippen LogP contribution is 2.48. The lowest BCUT2D eigenvalue weighted by Gasteiger charge is -2.12. The maximum atomic E-state index is 12.0. The van der Waals surface area contributed by atoms with E-state index in [0.717, 1.165) is 5.39 Å². The summed E-state index contributed by atoms with van der Waals surface area (Å²) < 4.78 is 27.8. The average molecular weight is 284 g/mol. The summed E-state index contributed by atoms with van der Waals surface area (Å²) >= 11 is 5.91. The van der Waals surface area contributed by atoms with E-state index in [1.165, 1.54) is 0 Å². The van der Waals surface area contributed by atoms with Gasteiger partial charge in [0.1, 0.15) is 0 Å². The van der Waals surface area contributed by atoms with Crippen LogP contribution >= 0.6 is 11.6 Å². The molecule has 18 heavy (non-hydrogen) atoms. The van der Waals surface area contributed by atoms with Gasteiger partial charge in [-0.15, -0.1) is 0 Å². The Hall–Kier alpha value is -1.33. The molecule has 4 nitrogen and oxygen atoms in total. The molecule has 1 aromatic heterocycles. The molecule has 1 heterocycles. The molecule has 0 radical (unpaired) electrons. The molecule has 2 aromatic rings. The summed E-state index contributed by atoms with van der Waals surface area (Å²) in [4.78, 5) is 3.98. The summed E-state index contributed by atoms with van der Waals surface area (Å²) in [5, 5.41) is 1.53. The molecular formula is C12H10ClNO3S. The lowest BCUT2D eigenvalue weighted by atomic mass is 10.2. The van der Waals surface area contributed by atoms with Crippen molar-refractivity contribution in [2.75, 3.05) is 0 Å². The predicted molar refractivity (Wildman–Crippen MR) is 69.1 cm³/mol. The second-order valence-electron chi connectivity index (χ2n) is 4.27. The van der Waals surface area contributed by atoms with Gasteiger partial charge in [-0.25, -0.2) is 0 Å². The van der Waals surface area contributed by atoms with Gasteiger partial charge in [0.15, 0.2) is 9.96 Å². The fourth-order valence-corrected chi connectivity index (χ4v) is 3.03. The van der Waals surface area contributed by atoms with Gasteiger partial charge in [0, 0.05) is 23.2 Å². The summed E-state index contributed by atoms with van der Waals surface area (Å²) in [7, 11) is -3.79. The predicted octanol–water partition coefficient (Wildman–Crippen LogP) is 2.67. The van der Waals surface area contributed by atoms with Crippen LogP contribution < -0.4 is 4.18 Å². The van der Waals surface area contributed by atoms with Gasteiger partial charge in [-0.3, -0.25) is 4.98 Å². The number of pyridine rings is 1. The first-order chi connectivity index (χ1) is 8.52. The first kappa shape index (κ1) is 11.7. The largest absolute Gasteiger partial charge is 0.381 e. The standard InChI is InChI=1S/C12H10ClNO3S/c13-12(5-6-12)18(15,16)17-11-3-1-2-9-8-14-7-4-10(9)11/h1-4,7-8H,5-6H2. The molecule has 94 valence electrons. The smallest absolute Gasteiger partial charge is 0.329 e. The van der Waals surface area contributed by atoms with Crippen molar-refractivity contribution in [3.05, 3.63) is 36.7 Å². The maximum absolute atomic E-state index is 12.0. The molecule has 0 aliphatic heterocycles. The minimum Gasteiger partial charge on any atom is -0.381 e.